The normalized spacial score (nSPS) is 24.7. The molecular formula is C37H45N3O5. The quantitative estimate of drug-likeness (QED) is 0.308. The molecule has 2 saturated heterocycles. The Labute approximate surface area is 266 Å². The number of pyridine rings is 1. The number of aliphatic carboxylic acids is 1. The highest BCUT2D eigenvalue weighted by atomic mass is 16.5. The number of aryl methyl sites for hydroxylation is 2. The summed E-state index contributed by atoms with van der Waals surface area (Å²) < 4.78 is 18.0. The van der Waals surface area contributed by atoms with Gasteiger partial charge in [-0.2, -0.15) is 0 Å². The van der Waals surface area contributed by atoms with E-state index in [0.29, 0.717) is 38.8 Å². The highest BCUT2D eigenvalue weighted by Gasteiger charge is 2.71. The Morgan fingerprint density at radius 1 is 1.11 bits per heavy atom. The van der Waals surface area contributed by atoms with Crippen LogP contribution in [0.5, 0.6) is 5.75 Å². The van der Waals surface area contributed by atoms with E-state index in [-0.39, 0.29) is 12.0 Å². The lowest BCUT2D eigenvalue weighted by molar-refractivity contribution is -0.144. The van der Waals surface area contributed by atoms with Gasteiger partial charge in [0.15, 0.2) is 0 Å². The number of anilines is 1. The van der Waals surface area contributed by atoms with E-state index in [1.807, 2.05) is 31.2 Å². The lowest BCUT2D eigenvalue weighted by atomic mass is 9.91. The fourth-order valence-corrected chi connectivity index (χ4v) is 8.10. The average molecular weight is 612 g/mol. The number of para-hydroxylation sites is 1. The number of hydrogen-bond acceptors (Lipinski definition) is 7. The number of fused-ring (bicyclic) bond motifs is 2. The first-order valence-corrected chi connectivity index (χ1v) is 16.6. The summed E-state index contributed by atoms with van der Waals surface area (Å²) in [7, 11) is 0. The topological polar surface area (TPSA) is 84.4 Å². The van der Waals surface area contributed by atoms with E-state index in [2.05, 4.69) is 47.9 Å². The van der Waals surface area contributed by atoms with Gasteiger partial charge < -0.3 is 24.2 Å². The predicted molar refractivity (Wildman–Crippen MR) is 174 cm³/mol. The van der Waals surface area contributed by atoms with Gasteiger partial charge in [0, 0.05) is 51.1 Å². The zero-order valence-electron chi connectivity index (χ0n) is 26.8. The van der Waals surface area contributed by atoms with E-state index >= 15 is 0 Å². The maximum absolute atomic E-state index is 12.3. The third-order valence-corrected chi connectivity index (χ3v) is 10.7. The molecule has 8 nitrogen and oxygen atoms in total. The molecule has 0 spiro atoms. The molecule has 238 valence electrons. The molecule has 0 radical (unpaired) electrons. The van der Waals surface area contributed by atoms with Crippen molar-refractivity contribution in [1.82, 2.24) is 9.88 Å². The van der Waals surface area contributed by atoms with Crippen LogP contribution in [0.25, 0.3) is 11.3 Å². The molecule has 45 heavy (non-hydrogen) atoms. The van der Waals surface area contributed by atoms with Gasteiger partial charge in [-0.15, -0.1) is 0 Å². The lowest BCUT2D eigenvalue weighted by Gasteiger charge is -2.38. The second-order valence-electron chi connectivity index (χ2n) is 13.3. The molecule has 3 atom stereocenters. The number of hydrogen-bond donors (Lipinski definition) is 1. The van der Waals surface area contributed by atoms with E-state index < -0.39 is 11.4 Å². The zero-order chi connectivity index (χ0) is 31.1. The number of carbonyl (C=O) groups is 1. The summed E-state index contributed by atoms with van der Waals surface area (Å²) in [6, 6.07) is 17.2. The van der Waals surface area contributed by atoms with E-state index in [9.17, 15) is 9.90 Å². The smallest absolute Gasteiger partial charge is 0.312 e. The number of benzene rings is 2. The van der Waals surface area contributed by atoms with Gasteiger partial charge in [-0.25, -0.2) is 4.98 Å². The van der Waals surface area contributed by atoms with Crippen molar-refractivity contribution in [1.29, 1.82) is 0 Å². The standard InChI is InChI=1S/C37H45N3O5/c1-4-43-23-33-37(36(41)42)19-28(37)20-40(33)34-10-6-9-32(38-34)30-8-5-7-24(2)35(30)45-22-26-17-25(3)31-21-39(14-11-27(31)18-26)29-12-15-44-16-13-29/h5-10,17-18,28-29,33H,4,11-16,19-23H2,1-3H3,(H,41,42)/t28-,33+,37+/m0/s1. The Kier molecular flexibility index (Phi) is 8.31. The molecule has 4 aliphatic rings. The van der Waals surface area contributed by atoms with Crippen molar-refractivity contribution in [3.63, 3.8) is 0 Å². The molecule has 3 aliphatic heterocycles. The molecule has 3 fully saturated rings. The van der Waals surface area contributed by atoms with E-state index in [1.54, 1.807) is 0 Å². The Hall–Kier alpha value is -3.46. The maximum atomic E-state index is 12.3. The van der Waals surface area contributed by atoms with E-state index in [4.69, 9.17) is 19.2 Å². The Morgan fingerprint density at radius 3 is 2.73 bits per heavy atom. The second kappa shape index (κ2) is 12.4. The summed E-state index contributed by atoms with van der Waals surface area (Å²) in [5.41, 5.74) is 7.53. The second-order valence-corrected chi connectivity index (χ2v) is 13.3. The summed E-state index contributed by atoms with van der Waals surface area (Å²) in [5, 5.41) is 10.1. The minimum atomic E-state index is -0.736. The highest BCUT2D eigenvalue weighted by molar-refractivity contribution is 5.82. The predicted octanol–water partition coefficient (Wildman–Crippen LogP) is 5.80. The fourth-order valence-electron chi connectivity index (χ4n) is 8.10. The largest absolute Gasteiger partial charge is 0.488 e. The van der Waals surface area contributed by atoms with Crippen molar-refractivity contribution in [2.75, 3.05) is 44.4 Å². The summed E-state index contributed by atoms with van der Waals surface area (Å²) in [5.74, 6) is 1.03. The molecule has 2 aromatic carbocycles. The summed E-state index contributed by atoms with van der Waals surface area (Å²) in [6.07, 6.45) is 4.04. The Morgan fingerprint density at radius 2 is 1.93 bits per heavy atom. The molecule has 1 aromatic heterocycles. The highest BCUT2D eigenvalue weighted by Crippen LogP contribution is 2.62. The summed E-state index contributed by atoms with van der Waals surface area (Å²) in [6.45, 7) is 12.2. The first-order chi connectivity index (χ1) is 21.9. The van der Waals surface area contributed by atoms with Crippen LogP contribution in [-0.4, -0.2) is 72.6 Å². The van der Waals surface area contributed by atoms with Crippen molar-refractivity contribution in [2.45, 2.75) is 71.7 Å². The van der Waals surface area contributed by atoms with Gasteiger partial charge in [0.05, 0.1) is 23.8 Å². The van der Waals surface area contributed by atoms with Crippen molar-refractivity contribution in [2.24, 2.45) is 11.3 Å². The number of carboxylic acid groups (broad SMARTS) is 1. The number of piperidine rings is 1. The number of rotatable bonds is 10. The van der Waals surface area contributed by atoms with Gasteiger partial charge in [-0.3, -0.25) is 9.69 Å². The van der Waals surface area contributed by atoms with Crippen LogP contribution in [0.4, 0.5) is 5.82 Å². The van der Waals surface area contributed by atoms with Crippen LogP contribution < -0.4 is 9.64 Å². The number of nitrogens with zero attached hydrogens (tertiary/aromatic N) is 3. The third-order valence-electron chi connectivity index (χ3n) is 10.7. The maximum Gasteiger partial charge on any atom is 0.312 e. The molecule has 1 saturated carbocycles. The SMILES string of the molecule is CCOC[C@H]1N(c2cccc(-c3cccc(C)c3OCc3cc(C)c4c(c3)CCN(C3CCOCC3)C4)n2)C[C@@H]2C[C@@]21C(=O)O. The van der Waals surface area contributed by atoms with Crippen molar-refractivity contribution in [3.05, 3.63) is 76.3 Å². The van der Waals surface area contributed by atoms with Gasteiger partial charge in [0.1, 0.15) is 18.2 Å². The van der Waals surface area contributed by atoms with E-state index in [1.165, 1.54) is 22.3 Å². The van der Waals surface area contributed by atoms with Gasteiger partial charge in [0.25, 0.3) is 0 Å². The molecule has 4 heterocycles. The van der Waals surface area contributed by atoms with Crippen LogP contribution in [0, 0.1) is 25.2 Å². The van der Waals surface area contributed by atoms with Crippen LogP contribution in [0.2, 0.25) is 0 Å². The van der Waals surface area contributed by atoms with Gasteiger partial charge in [0.2, 0.25) is 0 Å². The monoisotopic (exact) mass is 611 g/mol. The fraction of sp³-hybridized carbons (Fsp3) is 0.514. The van der Waals surface area contributed by atoms with Crippen LogP contribution >= 0.6 is 0 Å². The number of carboxylic acids is 1. The number of aromatic nitrogens is 1. The van der Waals surface area contributed by atoms with Crippen LogP contribution in [-0.2, 0) is 33.8 Å². The summed E-state index contributed by atoms with van der Waals surface area (Å²) >= 11 is 0. The van der Waals surface area contributed by atoms with Crippen molar-refractivity contribution >= 4 is 11.8 Å². The molecule has 0 unspecified atom stereocenters. The minimum Gasteiger partial charge on any atom is -0.488 e. The van der Waals surface area contributed by atoms with Gasteiger partial charge >= 0.3 is 5.97 Å². The molecule has 8 heteroatoms. The molecule has 0 bridgehead atoms. The Balaban J connectivity index is 1.10. The third kappa shape index (κ3) is 5.62. The first kappa shape index (κ1) is 30.2. The number of ether oxygens (including phenoxy) is 3. The molecule has 3 aromatic rings. The van der Waals surface area contributed by atoms with E-state index in [0.717, 1.165) is 74.0 Å². The van der Waals surface area contributed by atoms with Crippen LogP contribution in [0.1, 0.15) is 54.0 Å². The average Bonchev–Trinajstić information content (AvgIpc) is 3.70. The minimum absolute atomic E-state index is 0.133. The summed E-state index contributed by atoms with van der Waals surface area (Å²) in [4.78, 5) is 22.2. The molecular weight excluding hydrogens is 566 g/mol. The van der Waals surface area contributed by atoms with Gasteiger partial charge in [-0.05, 0) is 98.4 Å². The van der Waals surface area contributed by atoms with Gasteiger partial charge in [-0.1, -0.05) is 30.3 Å². The zero-order valence-corrected chi connectivity index (χ0v) is 26.8. The van der Waals surface area contributed by atoms with Crippen LogP contribution in [0.3, 0.4) is 0 Å². The molecule has 1 aliphatic carbocycles. The van der Waals surface area contributed by atoms with Crippen LogP contribution in [0.15, 0.2) is 48.5 Å². The Bertz CT molecular complexity index is 1570. The van der Waals surface area contributed by atoms with Crippen molar-refractivity contribution < 1.29 is 24.1 Å². The van der Waals surface area contributed by atoms with Crippen molar-refractivity contribution in [3.8, 4) is 17.0 Å². The molecule has 1 N–H and O–H groups in total. The lowest BCUT2D eigenvalue weighted by Crippen LogP contribution is -2.44. The first-order valence-electron chi connectivity index (χ1n) is 16.6. The molecule has 7 rings (SSSR count). The molecule has 0 amide bonds.